The number of carboxylic acids is 1. The molecule has 2 heterocycles. The van der Waals surface area contributed by atoms with Gasteiger partial charge in [-0.2, -0.15) is 0 Å². The molecule has 2 saturated heterocycles. The first-order valence-corrected chi connectivity index (χ1v) is 19.4. The third-order valence-electron chi connectivity index (χ3n) is 11.9. The maximum Gasteiger partial charge on any atom is 0.157 e. The Balaban J connectivity index is 1.77. The Morgan fingerprint density at radius 3 is 2.08 bits per heavy atom. The molecule has 2 rings (SSSR count). The number of ketones is 1. The van der Waals surface area contributed by atoms with Crippen molar-refractivity contribution in [2.24, 2.45) is 41.4 Å². The first-order valence-electron chi connectivity index (χ1n) is 19.4. The average molecular weight is 707 g/mol. The minimum atomic E-state index is -1.04. The number of aliphatic carboxylic acids is 1. The molecule has 2 unspecified atom stereocenters. The summed E-state index contributed by atoms with van der Waals surface area (Å²) in [6.45, 7) is 19.4. The highest BCUT2D eigenvalue weighted by Crippen LogP contribution is 2.45. The highest BCUT2D eigenvalue weighted by atomic mass is 16.6. The van der Waals surface area contributed by atoms with Crippen LogP contribution in [0, 0.1) is 41.4 Å². The van der Waals surface area contributed by atoms with E-state index in [1.54, 1.807) is 6.92 Å². The van der Waals surface area contributed by atoms with E-state index in [1.807, 2.05) is 53.7 Å². The Labute approximate surface area is 302 Å². The fourth-order valence-electron chi connectivity index (χ4n) is 8.00. The van der Waals surface area contributed by atoms with E-state index in [0.717, 1.165) is 38.5 Å². The normalized spacial score (nSPS) is 30.7. The molecule has 0 aromatic carbocycles. The quantitative estimate of drug-likeness (QED) is 0.0775. The van der Waals surface area contributed by atoms with Crippen LogP contribution in [0.3, 0.4) is 0 Å². The third kappa shape index (κ3) is 13.6. The van der Waals surface area contributed by atoms with E-state index < -0.39 is 35.5 Å². The Morgan fingerprint density at radius 2 is 1.48 bits per heavy atom. The predicted octanol–water partition coefficient (Wildman–Crippen LogP) is 5.27. The molecule has 0 saturated carbocycles. The van der Waals surface area contributed by atoms with Gasteiger partial charge in [-0.15, -0.1) is 5.76 Å². The number of carbonyl (C=O) groups is 2. The summed E-state index contributed by atoms with van der Waals surface area (Å²) in [5.41, 5.74) is -1.02. The molecule has 3 N–H and O–H groups in total. The van der Waals surface area contributed by atoms with Crippen LogP contribution >= 0.6 is 0 Å². The molecular weight excluding hydrogens is 636 g/mol. The summed E-state index contributed by atoms with van der Waals surface area (Å²) in [5, 5.41) is 55.9. The predicted molar refractivity (Wildman–Crippen MR) is 192 cm³/mol. The van der Waals surface area contributed by atoms with E-state index in [0.29, 0.717) is 25.7 Å². The van der Waals surface area contributed by atoms with E-state index in [4.69, 9.17) is 9.47 Å². The molecule has 0 bridgehead atoms. The van der Waals surface area contributed by atoms with Gasteiger partial charge in [0, 0.05) is 23.7 Å². The highest BCUT2D eigenvalue weighted by molar-refractivity contribution is 5.91. The first-order chi connectivity index (χ1) is 23.2. The topological polar surface area (TPSA) is 159 Å². The van der Waals surface area contributed by atoms with E-state index in [1.165, 1.54) is 6.08 Å². The summed E-state index contributed by atoms with van der Waals surface area (Å²) < 4.78 is 12.7. The van der Waals surface area contributed by atoms with Crippen molar-refractivity contribution in [2.75, 3.05) is 0 Å². The number of hydrogen-bond donors (Lipinski definition) is 3. The van der Waals surface area contributed by atoms with Crippen molar-refractivity contribution in [1.82, 2.24) is 0 Å². The summed E-state index contributed by atoms with van der Waals surface area (Å²) >= 11 is 0. The van der Waals surface area contributed by atoms with Gasteiger partial charge < -0.3 is 39.8 Å². The number of carboxylic acid groups (broad SMARTS) is 1. The minimum Gasteiger partial charge on any atom is -0.875 e. The summed E-state index contributed by atoms with van der Waals surface area (Å²) in [5.74, 6) is -1.73. The van der Waals surface area contributed by atoms with Crippen molar-refractivity contribution in [2.45, 2.75) is 182 Å². The van der Waals surface area contributed by atoms with Crippen LogP contribution in [0.1, 0.15) is 140 Å². The molecule has 0 amide bonds. The Morgan fingerprint density at radius 1 is 0.840 bits per heavy atom. The maximum atomic E-state index is 12.9. The van der Waals surface area contributed by atoms with Crippen LogP contribution in [-0.4, -0.2) is 68.8 Å². The number of allylic oxidation sites excluding steroid dienone is 3. The van der Waals surface area contributed by atoms with Gasteiger partial charge in [0.2, 0.25) is 0 Å². The van der Waals surface area contributed by atoms with E-state index in [-0.39, 0.29) is 71.6 Å². The SMILES string of the molecule is C[C@H](C[C@@H](C)CCC(=O)[O-])C[C@@H](C)C(=O)/C=C(\[O-])[C@@H](C)C[C@@H](C)C/C=C/[C@H](C)[C@H](O)[C@H](C)[C@@H](O)CC1CC[C@@](C)(C2CC[C@@](C)([C@H](C)O)O2)O1. The van der Waals surface area contributed by atoms with Crippen molar-refractivity contribution in [3.63, 3.8) is 0 Å². The number of ether oxygens (including phenoxy) is 2. The summed E-state index contributed by atoms with van der Waals surface area (Å²) in [6.07, 6.45) is 10.2. The van der Waals surface area contributed by atoms with Crippen molar-refractivity contribution in [3.05, 3.63) is 24.0 Å². The van der Waals surface area contributed by atoms with Crippen LogP contribution in [-0.2, 0) is 19.1 Å². The average Bonchev–Trinajstić information content (AvgIpc) is 3.63. The fourth-order valence-corrected chi connectivity index (χ4v) is 8.00. The molecule has 2 aliphatic rings. The van der Waals surface area contributed by atoms with Gasteiger partial charge in [-0.3, -0.25) is 4.79 Å². The van der Waals surface area contributed by atoms with Gasteiger partial charge in [-0.1, -0.05) is 60.6 Å². The minimum absolute atomic E-state index is 0.0441. The van der Waals surface area contributed by atoms with Crippen LogP contribution in [0.15, 0.2) is 24.0 Å². The summed E-state index contributed by atoms with van der Waals surface area (Å²) in [7, 11) is 0. The van der Waals surface area contributed by atoms with E-state index in [9.17, 15) is 35.1 Å². The van der Waals surface area contributed by atoms with Crippen LogP contribution in [0.2, 0.25) is 0 Å². The molecule has 50 heavy (non-hydrogen) atoms. The molecule has 9 heteroatoms. The monoisotopic (exact) mass is 707 g/mol. The Hall–Kier alpha value is -1.78. The first kappa shape index (κ1) is 44.4. The fraction of sp³-hybridized carbons (Fsp3) is 0.854. The van der Waals surface area contributed by atoms with Gasteiger partial charge in [0.05, 0.1) is 41.7 Å². The molecule has 0 spiro atoms. The van der Waals surface area contributed by atoms with Gasteiger partial charge in [-0.25, -0.2) is 0 Å². The number of aliphatic hydroxyl groups is 3. The second-order valence-electron chi connectivity index (χ2n) is 17.1. The van der Waals surface area contributed by atoms with E-state index in [2.05, 4.69) is 20.8 Å². The molecule has 0 aromatic rings. The van der Waals surface area contributed by atoms with Crippen molar-refractivity contribution < 1.29 is 44.6 Å². The van der Waals surface area contributed by atoms with Gasteiger partial charge in [0.25, 0.3) is 0 Å². The smallest absolute Gasteiger partial charge is 0.157 e. The van der Waals surface area contributed by atoms with Gasteiger partial charge in [0.1, 0.15) is 0 Å². The largest absolute Gasteiger partial charge is 0.875 e. The lowest BCUT2D eigenvalue weighted by Crippen LogP contribution is -2.44. The lowest BCUT2D eigenvalue weighted by atomic mass is 9.85. The summed E-state index contributed by atoms with van der Waals surface area (Å²) in [6, 6.07) is 0. The zero-order valence-corrected chi connectivity index (χ0v) is 32.7. The van der Waals surface area contributed by atoms with Crippen LogP contribution in [0.4, 0.5) is 0 Å². The zero-order chi connectivity index (χ0) is 38.0. The van der Waals surface area contributed by atoms with Crippen LogP contribution in [0.25, 0.3) is 0 Å². The van der Waals surface area contributed by atoms with Crippen molar-refractivity contribution >= 4 is 11.8 Å². The third-order valence-corrected chi connectivity index (χ3v) is 11.9. The molecule has 14 atom stereocenters. The standard InChI is InChI=1S/C41H72O9/c1-25(21-29(5)34(43)24-35(44)30(6)22-27(3)20-26(2)14-15-38(46)47)12-11-13-28(4)39(48)31(7)36(45)23-33-16-18-41(10,49-33)37-17-19-40(9,50-37)32(8)42/h11,13,24-33,36-37,39,42-43,45,48H,12,14-23H2,1-10H3,(H,46,47)/p-2/b13-11+,34-24-/t25-,26-,27+,28-,29-,30+,31+,32-,33?,36-,37?,39-,40-,41-/m0/s1. The lowest BCUT2D eigenvalue weighted by molar-refractivity contribution is -0.315. The number of hydrogen-bond acceptors (Lipinski definition) is 9. The highest BCUT2D eigenvalue weighted by Gasteiger charge is 2.51. The molecular formula is C41H70O9-2. The Bertz CT molecular complexity index is 1120. The second kappa shape index (κ2) is 19.9. The van der Waals surface area contributed by atoms with Gasteiger partial charge in [0.15, 0.2) is 5.78 Å². The zero-order valence-electron chi connectivity index (χ0n) is 32.7. The number of carbonyl (C=O) groups excluding carboxylic acids is 2. The van der Waals surface area contributed by atoms with Crippen LogP contribution < -0.4 is 10.2 Å². The van der Waals surface area contributed by atoms with E-state index >= 15 is 0 Å². The van der Waals surface area contributed by atoms with Gasteiger partial charge in [-0.05, 0) is 121 Å². The van der Waals surface area contributed by atoms with Gasteiger partial charge >= 0.3 is 0 Å². The molecule has 2 fully saturated rings. The van der Waals surface area contributed by atoms with Crippen molar-refractivity contribution in [1.29, 1.82) is 0 Å². The summed E-state index contributed by atoms with van der Waals surface area (Å²) in [4.78, 5) is 23.5. The lowest BCUT2D eigenvalue weighted by Gasteiger charge is -2.35. The molecule has 0 aliphatic carbocycles. The molecule has 0 radical (unpaired) electrons. The molecule has 0 aromatic heterocycles. The maximum absolute atomic E-state index is 12.9. The van der Waals surface area contributed by atoms with Crippen molar-refractivity contribution in [3.8, 4) is 0 Å². The van der Waals surface area contributed by atoms with Crippen LogP contribution in [0.5, 0.6) is 0 Å². The molecule has 290 valence electrons. The Kier molecular flexibility index (Phi) is 17.7. The number of aliphatic hydroxyl groups excluding tert-OH is 3. The molecule has 2 aliphatic heterocycles. The molecule has 9 nitrogen and oxygen atoms in total. The second-order valence-corrected chi connectivity index (χ2v) is 17.1. The number of rotatable bonds is 22.